The SMILES string of the molecule is CC(C)CCCCC/C=C\C#C/C=C\OCC(O)CO. The molecule has 0 spiro atoms. The van der Waals surface area contributed by atoms with Gasteiger partial charge in [-0.25, -0.2) is 0 Å². The van der Waals surface area contributed by atoms with E-state index in [9.17, 15) is 0 Å². The molecule has 0 aliphatic heterocycles. The molecule has 0 heterocycles. The predicted molar refractivity (Wildman–Crippen MR) is 83.0 cm³/mol. The molecule has 0 aromatic heterocycles. The van der Waals surface area contributed by atoms with Gasteiger partial charge in [-0.3, -0.25) is 0 Å². The standard InChI is InChI=1S/C17H28O3/c1-16(2)12-10-8-6-4-3-5-7-9-11-13-20-15-17(19)14-18/h3,5,11,13,16-19H,4,6,8,10,12,14-15H2,1-2H3/b5-3-,13-11-. The Labute approximate surface area is 123 Å². The molecule has 0 saturated carbocycles. The lowest BCUT2D eigenvalue weighted by molar-refractivity contribution is 0.0385. The number of unbranched alkanes of at least 4 members (excludes halogenated alkanes) is 3. The van der Waals surface area contributed by atoms with Crippen molar-refractivity contribution in [1.29, 1.82) is 0 Å². The lowest BCUT2D eigenvalue weighted by Crippen LogP contribution is -2.17. The molecule has 1 atom stereocenters. The van der Waals surface area contributed by atoms with Crippen LogP contribution in [0.3, 0.4) is 0 Å². The zero-order valence-electron chi connectivity index (χ0n) is 12.7. The highest BCUT2D eigenvalue weighted by atomic mass is 16.5. The second-order valence-corrected chi connectivity index (χ2v) is 5.20. The van der Waals surface area contributed by atoms with Gasteiger partial charge in [-0.2, -0.15) is 0 Å². The van der Waals surface area contributed by atoms with Crippen molar-refractivity contribution in [2.24, 2.45) is 5.92 Å². The van der Waals surface area contributed by atoms with E-state index in [0.717, 1.165) is 12.3 Å². The first kappa shape index (κ1) is 18.8. The third-order valence-corrected chi connectivity index (χ3v) is 2.68. The molecule has 0 bridgehead atoms. The molecule has 0 radical (unpaired) electrons. The largest absolute Gasteiger partial charge is 0.498 e. The fourth-order valence-corrected chi connectivity index (χ4v) is 1.53. The summed E-state index contributed by atoms with van der Waals surface area (Å²) >= 11 is 0. The smallest absolute Gasteiger partial charge is 0.115 e. The third kappa shape index (κ3) is 14.8. The number of aliphatic hydroxyl groups excluding tert-OH is 2. The van der Waals surface area contributed by atoms with Gasteiger partial charge in [-0.05, 0) is 24.8 Å². The lowest BCUT2D eigenvalue weighted by Gasteiger charge is -2.04. The van der Waals surface area contributed by atoms with E-state index in [0.29, 0.717) is 0 Å². The van der Waals surface area contributed by atoms with E-state index in [1.807, 2.05) is 6.08 Å². The molecule has 0 fully saturated rings. The van der Waals surface area contributed by atoms with Crippen molar-refractivity contribution >= 4 is 0 Å². The van der Waals surface area contributed by atoms with Gasteiger partial charge in [-0.1, -0.05) is 51.0 Å². The molecule has 2 N–H and O–H groups in total. The van der Waals surface area contributed by atoms with Gasteiger partial charge in [0, 0.05) is 6.08 Å². The molecule has 0 aliphatic carbocycles. The van der Waals surface area contributed by atoms with E-state index >= 15 is 0 Å². The van der Waals surface area contributed by atoms with Crippen molar-refractivity contribution in [1.82, 2.24) is 0 Å². The van der Waals surface area contributed by atoms with Crippen LogP contribution in [0.1, 0.15) is 46.0 Å². The Hall–Kier alpha value is -1.24. The highest BCUT2D eigenvalue weighted by molar-refractivity contribution is 5.22. The summed E-state index contributed by atoms with van der Waals surface area (Å²) in [5.41, 5.74) is 0. The molecule has 1 unspecified atom stereocenters. The third-order valence-electron chi connectivity index (χ3n) is 2.68. The van der Waals surface area contributed by atoms with Gasteiger partial charge in [-0.15, -0.1) is 0 Å². The highest BCUT2D eigenvalue weighted by Gasteiger charge is 1.98. The Balaban J connectivity index is 3.46. The zero-order valence-corrected chi connectivity index (χ0v) is 12.7. The van der Waals surface area contributed by atoms with E-state index in [1.54, 1.807) is 6.08 Å². The maximum Gasteiger partial charge on any atom is 0.115 e. The normalized spacial score (nSPS) is 12.8. The Morgan fingerprint density at radius 3 is 2.55 bits per heavy atom. The van der Waals surface area contributed by atoms with Crippen LogP contribution in [0, 0.1) is 17.8 Å². The van der Waals surface area contributed by atoms with Gasteiger partial charge >= 0.3 is 0 Å². The maximum absolute atomic E-state index is 8.99. The van der Waals surface area contributed by atoms with Crippen LogP contribution >= 0.6 is 0 Å². The summed E-state index contributed by atoms with van der Waals surface area (Å²) in [5, 5.41) is 17.5. The van der Waals surface area contributed by atoms with Crippen LogP contribution in [0.4, 0.5) is 0 Å². The molecular formula is C17H28O3. The number of hydrogen-bond acceptors (Lipinski definition) is 3. The number of hydrogen-bond donors (Lipinski definition) is 2. The fraction of sp³-hybridized carbons (Fsp3) is 0.647. The molecule has 3 heteroatoms. The summed E-state index contributed by atoms with van der Waals surface area (Å²) in [5.74, 6) is 6.50. The predicted octanol–water partition coefficient (Wildman–Crippen LogP) is 3.04. The molecule has 0 rings (SSSR count). The van der Waals surface area contributed by atoms with E-state index in [2.05, 4.69) is 31.8 Å². The molecule has 0 aliphatic rings. The van der Waals surface area contributed by atoms with E-state index in [4.69, 9.17) is 14.9 Å². The number of aliphatic hydroxyl groups is 2. The van der Waals surface area contributed by atoms with Crippen molar-refractivity contribution in [2.75, 3.05) is 13.2 Å². The van der Waals surface area contributed by atoms with Crippen molar-refractivity contribution in [2.45, 2.75) is 52.1 Å². The van der Waals surface area contributed by atoms with E-state index < -0.39 is 6.10 Å². The summed E-state index contributed by atoms with van der Waals surface area (Å²) in [4.78, 5) is 0. The first-order valence-electron chi connectivity index (χ1n) is 7.38. The lowest BCUT2D eigenvalue weighted by atomic mass is 10.0. The highest BCUT2D eigenvalue weighted by Crippen LogP contribution is 2.09. The molecule has 114 valence electrons. The van der Waals surface area contributed by atoms with Gasteiger partial charge in [0.1, 0.15) is 12.7 Å². The van der Waals surface area contributed by atoms with Gasteiger partial charge in [0.2, 0.25) is 0 Å². The average Bonchev–Trinajstić information content (AvgIpc) is 2.43. The summed E-state index contributed by atoms with van der Waals surface area (Å²) in [6.07, 6.45) is 12.3. The Kier molecular flexibility index (Phi) is 13.3. The van der Waals surface area contributed by atoms with E-state index in [-0.39, 0.29) is 13.2 Å². The molecule has 0 aromatic rings. The Bertz CT molecular complexity index is 321. The second-order valence-electron chi connectivity index (χ2n) is 5.20. The number of allylic oxidation sites excluding steroid dienone is 3. The zero-order chi connectivity index (χ0) is 15.1. The minimum absolute atomic E-state index is 0.0842. The molecule has 20 heavy (non-hydrogen) atoms. The summed E-state index contributed by atoms with van der Waals surface area (Å²) in [6, 6.07) is 0. The summed E-state index contributed by atoms with van der Waals surface area (Å²) in [7, 11) is 0. The molecule has 0 saturated heterocycles. The molecule has 3 nitrogen and oxygen atoms in total. The minimum atomic E-state index is -0.830. The van der Waals surface area contributed by atoms with Crippen LogP contribution in [-0.4, -0.2) is 29.5 Å². The van der Waals surface area contributed by atoms with E-state index in [1.165, 1.54) is 31.9 Å². The van der Waals surface area contributed by atoms with Gasteiger partial charge in [0.25, 0.3) is 0 Å². The number of ether oxygens (including phenoxy) is 1. The first-order valence-corrected chi connectivity index (χ1v) is 7.38. The first-order chi connectivity index (χ1) is 9.66. The topological polar surface area (TPSA) is 49.7 Å². The van der Waals surface area contributed by atoms with Crippen LogP contribution in [0.15, 0.2) is 24.5 Å². The molecule has 0 amide bonds. The van der Waals surface area contributed by atoms with Crippen LogP contribution in [0.5, 0.6) is 0 Å². The summed E-state index contributed by atoms with van der Waals surface area (Å²) < 4.78 is 4.96. The van der Waals surface area contributed by atoms with Crippen LogP contribution < -0.4 is 0 Å². The molecule has 0 aromatic carbocycles. The van der Waals surface area contributed by atoms with Crippen LogP contribution in [0.2, 0.25) is 0 Å². The Morgan fingerprint density at radius 1 is 1.10 bits per heavy atom. The maximum atomic E-state index is 8.99. The van der Waals surface area contributed by atoms with Crippen LogP contribution in [-0.2, 0) is 4.74 Å². The van der Waals surface area contributed by atoms with Gasteiger partial charge in [0.15, 0.2) is 0 Å². The quantitative estimate of drug-likeness (QED) is 0.367. The van der Waals surface area contributed by atoms with Gasteiger partial charge in [0.05, 0.1) is 12.9 Å². The number of rotatable bonds is 10. The summed E-state index contributed by atoms with van der Waals surface area (Å²) in [6.45, 7) is 4.31. The van der Waals surface area contributed by atoms with Gasteiger partial charge < -0.3 is 14.9 Å². The Morgan fingerprint density at radius 2 is 1.85 bits per heavy atom. The fourth-order valence-electron chi connectivity index (χ4n) is 1.53. The molecular weight excluding hydrogens is 252 g/mol. The second kappa shape index (κ2) is 14.2. The van der Waals surface area contributed by atoms with Crippen molar-refractivity contribution in [3.05, 3.63) is 24.5 Å². The average molecular weight is 280 g/mol. The van der Waals surface area contributed by atoms with Crippen molar-refractivity contribution in [3.63, 3.8) is 0 Å². The van der Waals surface area contributed by atoms with Crippen molar-refractivity contribution < 1.29 is 14.9 Å². The van der Waals surface area contributed by atoms with Crippen molar-refractivity contribution in [3.8, 4) is 11.8 Å². The monoisotopic (exact) mass is 280 g/mol. The minimum Gasteiger partial charge on any atom is -0.498 e. The van der Waals surface area contributed by atoms with Crippen LogP contribution in [0.25, 0.3) is 0 Å².